The Morgan fingerprint density at radius 3 is 2.41 bits per heavy atom. The maximum atomic E-state index is 15.0. The van der Waals surface area contributed by atoms with Crippen molar-refractivity contribution in [2.75, 3.05) is 63.6 Å². The maximum Gasteiger partial charge on any atom is 0.490 e. The van der Waals surface area contributed by atoms with Gasteiger partial charge in [-0.3, -0.25) is 9.59 Å². The number of nitrogens with one attached hydrogen (secondary N) is 2. The summed E-state index contributed by atoms with van der Waals surface area (Å²) in [7, 11) is 3.96. The van der Waals surface area contributed by atoms with Crippen molar-refractivity contribution >= 4 is 40.3 Å². The Balaban J connectivity index is 0.000000606. The van der Waals surface area contributed by atoms with Gasteiger partial charge in [-0.25, -0.2) is 18.9 Å². The van der Waals surface area contributed by atoms with Crippen LogP contribution >= 0.6 is 0 Å². The van der Waals surface area contributed by atoms with Gasteiger partial charge in [0.15, 0.2) is 11.6 Å². The minimum absolute atomic E-state index is 0.00311. The fraction of sp³-hybridized carbons (Fsp3) is 0.310. The minimum atomic E-state index is -5.08. The molecule has 6 rings (SSSR count). The molecule has 3 N–H and O–H groups in total. The van der Waals surface area contributed by atoms with E-state index in [0.29, 0.717) is 37.2 Å². The topological polar surface area (TPSA) is 183 Å². The molecule has 16 nitrogen and oxygen atoms in total. The highest BCUT2D eigenvalue weighted by Gasteiger charge is 2.38. The summed E-state index contributed by atoms with van der Waals surface area (Å²) in [5.41, 5.74) is 1.03. The van der Waals surface area contributed by atoms with Crippen LogP contribution in [0.2, 0.25) is 0 Å². The lowest BCUT2D eigenvalue weighted by Gasteiger charge is -2.34. The number of ketones is 1. The number of para-hydroxylation sites is 1. The number of hydrogen-bond donors (Lipinski definition) is 3. The number of carbonyl (C=O) groups is 3. The van der Waals surface area contributed by atoms with Gasteiger partial charge in [-0.1, -0.05) is 23.3 Å². The molecule has 5 heterocycles. The van der Waals surface area contributed by atoms with E-state index in [9.17, 15) is 22.8 Å². The zero-order chi connectivity index (χ0) is 35.3. The van der Waals surface area contributed by atoms with Crippen molar-refractivity contribution in [3.8, 4) is 11.5 Å². The fourth-order valence-electron chi connectivity index (χ4n) is 4.88. The largest absolute Gasteiger partial charge is 0.490 e. The van der Waals surface area contributed by atoms with Crippen molar-refractivity contribution in [2.45, 2.75) is 6.18 Å². The minimum Gasteiger partial charge on any atom is -0.475 e. The first-order chi connectivity index (χ1) is 23.3. The van der Waals surface area contributed by atoms with Crippen molar-refractivity contribution in [2.24, 2.45) is 0 Å². The van der Waals surface area contributed by atoms with Gasteiger partial charge < -0.3 is 30.1 Å². The van der Waals surface area contributed by atoms with Gasteiger partial charge in [0.2, 0.25) is 5.95 Å². The van der Waals surface area contributed by atoms with E-state index < -0.39 is 29.7 Å². The molecule has 0 saturated carbocycles. The van der Waals surface area contributed by atoms with Gasteiger partial charge >= 0.3 is 12.1 Å². The third kappa shape index (κ3) is 7.80. The number of aliphatic carboxylic acids is 1. The quantitative estimate of drug-likeness (QED) is 0.117. The van der Waals surface area contributed by atoms with Crippen LogP contribution in [0.1, 0.15) is 10.4 Å². The summed E-state index contributed by atoms with van der Waals surface area (Å²) in [6.45, 7) is 2.92. The van der Waals surface area contributed by atoms with Gasteiger partial charge in [0.25, 0.3) is 11.7 Å². The lowest BCUT2D eigenvalue weighted by atomic mass is 10.1. The molecule has 0 atom stereocenters. The van der Waals surface area contributed by atoms with Crippen LogP contribution in [0.25, 0.3) is 22.4 Å². The van der Waals surface area contributed by atoms with Crippen LogP contribution in [0.15, 0.2) is 55.0 Å². The van der Waals surface area contributed by atoms with E-state index in [1.165, 1.54) is 15.8 Å². The zero-order valence-corrected chi connectivity index (χ0v) is 26.1. The number of Topliss-reactive ketones (excluding diaryl/α,β-unsaturated/α-hetero) is 1. The van der Waals surface area contributed by atoms with Crippen molar-refractivity contribution in [3.63, 3.8) is 0 Å². The number of likely N-dealkylation sites (N-methyl/N-ethyl adjacent to an activating group) is 1. The molecule has 0 radical (unpaired) electrons. The molecule has 5 aromatic rings. The lowest BCUT2D eigenvalue weighted by Crippen LogP contribution is -2.51. The molecule has 4 aromatic heterocycles. The van der Waals surface area contributed by atoms with Crippen LogP contribution in [0.3, 0.4) is 0 Å². The van der Waals surface area contributed by atoms with Gasteiger partial charge in [0.1, 0.15) is 5.82 Å². The molecule has 0 unspecified atom stereocenters. The predicted molar refractivity (Wildman–Crippen MR) is 166 cm³/mol. The Morgan fingerprint density at radius 1 is 1.06 bits per heavy atom. The van der Waals surface area contributed by atoms with Crippen LogP contribution in [-0.2, 0) is 9.59 Å². The highest BCUT2D eigenvalue weighted by molar-refractivity contribution is 6.45. The Labute approximate surface area is 274 Å². The van der Waals surface area contributed by atoms with Gasteiger partial charge in [-0.15, -0.1) is 5.10 Å². The van der Waals surface area contributed by atoms with E-state index >= 15 is 4.39 Å². The molecular weight excluding hydrogens is 656 g/mol. The number of benzene rings is 1. The number of carboxylic acid groups (broad SMARTS) is 1. The highest BCUT2D eigenvalue weighted by Crippen LogP contribution is 2.27. The van der Waals surface area contributed by atoms with Crippen LogP contribution in [0.4, 0.5) is 29.3 Å². The van der Waals surface area contributed by atoms with Crippen molar-refractivity contribution in [1.82, 2.24) is 49.8 Å². The van der Waals surface area contributed by atoms with Crippen LogP contribution in [0.5, 0.6) is 0 Å². The summed E-state index contributed by atoms with van der Waals surface area (Å²) in [4.78, 5) is 48.1. The van der Waals surface area contributed by atoms with Gasteiger partial charge in [-0.05, 0) is 36.7 Å². The first-order valence-electron chi connectivity index (χ1n) is 14.7. The van der Waals surface area contributed by atoms with E-state index in [4.69, 9.17) is 9.90 Å². The maximum absolute atomic E-state index is 15.0. The molecule has 49 heavy (non-hydrogen) atoms. The Morgan fingerprint density at radius 2 is 1.76 bits per heavy atom. The predicted octanol–water partition coefficient (Wildman–Crippen LogP) is 2.00. The number of H-pyrrole nitrogens is 1. The summed E-state index contributed by atoms with van der Waals surface area (Å²) in [5, 5.41) is 26.9. The molecule has 1 amide bonds. The summed E-state index contributed by atoms with van der Waals surface area (Å²) >= 11 is 0. The number of fused-ring (bicyclic) bond motifs is 1. The number of amides is 1. The Kier molecular flexibility index (Phi) is 10.2. The highest BCUT2D eigenvalue weighted by atomic mass is 19.4. The number of aromatic nitrogens is 8. The number of anilines is 2. The zero-order valence-electron chi connectivity index (χ0n) is 26.1. The Hall–Kier alpha value is -5.92. The SMILES string of the molecule is CN(C)CCNc1ccn(-c2ncc(F)c3c(C(=O)C(=O)N4CCN(c5nnnn5-c5ccccc5)CC4)c[nH]c23)n1.O=C(O)C(F)(F)F. The fourth-order valence-corrected chi connectivity index (χ4v) is 4.88. The third-order valence-corrected chi connectivity index (χ3v) is 7.30. The second-order valence-corrected chi connectivity index (χ2v) is 10.9. The van der Waals surface area contributed by atoms with Crippen molar-refractivity contribution in [3.05, 3.63) is 66.4 Å². The average Bonchev–Trinajstić information content (AvgIpc) is 3.85. The number of alkyl halides is 3. The Bertz CT molecular complexity index is 1930. The van der Waals surface area contributed by atoms with E-state index in [2.05, 4.69) is 35.9 Å². The second-order valence-electron chi connectivity index (χ2n) is 10.9. The van der Waals surface area contributed by atoms with Crippen LogP contribution < -0.4 is 10.2 Å². The molecule has 0 aliphatic carbocycles. The van der Waals surface area contributed by atoms with Crippen molar-refractivity contribution < 1.29 is 37.1 Å². The molecule has 0 bridgehead atoms. The van der Waals surface area contributed by atoms with E-state index in [1.54, 1.807) is 16.9 Å². The number of carboxylic acids is 1. The molecular formula is C29H30F4N12O4. The van der Waals surface area contributed by atoms with Crippen LogP contribution in [0, 0.1) is 5.82 Å². The molecule has 20 heteroatoms. The normalized spacial score (nSPS) is 13.4. The number of tetrazole rings is 1. The van der Waals surface area contributed by atoms with Gasteiger partial charge in [-0.2, -0.15) is 17.9 Å². The number of piperazine rings is 1. The van der Waals surface area contributed by atoms with E-state index in [-0.39, 0.29) is 29.6 Å². The third-order valence-electron chi connectivity index (χ3n) is 7.30. The first kappa shape index (κ1) is 34.4. The van der Waals surface area contributed by atoms with Crippen LogP contribution in [-0.4, -0.2) is 132 Å². The number of rotatable bonds is 9. The molecule has 1 aliphatic heterocycles. The average molecular weight is 687 g/mol. The molecule has 1 aliphatic rings. The monoisotopic (exact) mass is 686 g/mol. The van der Waals surface area contributed by atoms with Gasteiger partial charge in [0.05, 0.1) is 28.4 Å². The number of aromatic amines is 1. The second kappa shape index (κ2) is 14.5. The molecule has 258 valence electrons. The summed E-state index contributed by atoms with van der Waals surface area (Å²) in [5.74, 6) is -3.48. The smallest absolute Gasteiger partial charge is 0.475 e. The molecule has 0 spiro atoms. The summed E-state index contributed by atoms with van der Waals surface area (Å²) in [6.07, 6.45) is -1.01. The number of hydrogen-bond acceptors (Lipinski definition) is 11. The summed E-state index contributed by atoms with van der Waals surface area (Å²) < 4.78 is 49.9. The first-order valence-corrected chi connectivity index (χ1v) is 14.7. The number of pyridine rings is 1. The van der Waals surface area contributed by atoms with Gasteiger partial charge in [0, 0.05) is 57.7 Å². The standard InChI is InChI=1S/C27H29FN12O2.C2HF3O2/c1-36(2)11-9-29-21-8-10-39(33-21)25-23-22(20(28)17-31-25)19(16-30-23)24(41)26(42)37-12-14-38(15-13-37)27-32-34-35-40(27)18-6-4-3-5-7-18;3-2(4,5)1(6)7/h3-8,10,16-17,30H,9,11-15H2,1-2H3,(H,29,33);(H,6,7). The molecule has 1 aromatic carbocycles. The molecule has 1 fully saturated rings. The lowest BCUT2D eigenvalue weighted by molar-refractivity contribution is -0.192. The van der Waals surface area contributed by atoms with E-state index in [1.807, 2.05) is 54.2 Å². The number of carbonyl (C=O) groups excluding carboxylic acids is 2. The summed E-state index contributed by atoms with van der Waals surface area (Å²) in [6, 6.07) is 11.3. The number of halogens is 4. The molecule has 1 saturated heterocycles. The number of nitrogens with zero attached hydrogens (tertiary/aromatic N) is 10. The van der Waals surface area contributed by atoms with Crippen molar-refractivity contribution in [1.29, 1.82) is 0 Å². The van der Waals surface area contributed by atoms with E-state index in [0.717, 1.165) is 18.4 Å².